The molecule has 1 rings (SSSR count). The predicted molar refractivity (Wildman–Crippen MR) is 71.3 cm³/mol. The Kier molecular flexibility index (Phi) is 6.71. The van der Waals surface area contributed by atoms with Crippen molar-refractivity contribution in [3.8, 4) is 5.75 Å². The van der Waals surface area contributed by atoms with Crippen molar-refractivity contribution in [2.45, 2.75) is 51.9 Å². The van der Waals surface area contributed by atoms with E-state index in [4.69, 9.17) is 5.11 Å². The molecule has 2 nitrogen and oxygen atoms in total. The summed E-state index contributed by atoms with van der Waals surface area (Å²) in [5, 5.41) is 18.5. The first-order valence-electron chi connectivity index (χ1n) is 6.64. The summed E-state index contributed by atoms with van der Waals surface area (Å²) in [6.07, 6.45) is 7.81. The molecular formula is C15H24O2. The van der Waals surface area contributed by atoms with Crippen molar-refractivity contribution in [2.75, 3.05) is 6.61 Å². The Balaban J connectivity index is 2.16. The molecule has 0 saturated carbocycles. The number of aryl methyl sites for hydroxylation is 2. The van der Waals surface area contributed by atoms with E-state index in [0.29, 0.717) is 12.4 Å². The number of phenolic OH excluding ortho intramolecular Hbond substituents is 1. The molecule has 0 unspecified atom stereocenters. The van der Waals surface area contributed by atoms with Crippen LogP contribution in [0.15, 0.2) is 18.2 Å². The van der Waals surface area contributed by atoms with Gasteiger partial charge in [0.2, 0.25) is 0 Å². The van der Waals surface area contributed by atoms with E-state index in [9.17, 15) is 5.11 Å². The number of benzene rings is 1. The number of rotatable bonds is 8. The topological polar surface area (TPSA) is 40.5 Å². The van der Waals surface area contributed by atoms with Crippen LogP contribution in [0.1, 0.15) is 49.7 Å². The molecule has 96 valence electrons. The molecule has 0 aromatic heterocycles. The Morgan fingerprint density at radius 3 is 2.29 bits per heavy atom. The van der Waals surface area contributed by atoms with Gasteiger partial charge in [-0.1, -0.05) is 43.9 Å². The molecule has 0 saturated heterocycles. The molecule has 17 heavy (non-hydrogen) atoms. The maximum absolute atomic E-state index is 9.84. The first-order valence-corrected chi connectivity index (χ1v) is 6.64. The van der Waals surface area contributed by atoms with Crippen molar-refractivity contribution in [3.63, 3.8) is 0 Å². The maximum Gasteiger partial charge on any atom is 0.121 e. The van der Waals surface area contributed by atoms with Crippen LogP contribution in [-0.2, 0) is 6.42 Å². The highest BCUT2D eigenvalue weighted by Crippen LogP contribution is 2.23. The van der Waals surface area contributed by atoms with Crippen LogP contribution in [0.4, 0.5) is 0 Å². The van der Waals surface area contributed by atoms with E-state index < -0.39 is 0 Å². The van der Waals surface area contributed by atoms with E-state index in [1.807, 2.05) is 25.1 Å². The quantitative estimate of drug-likeness (QED) is 0.677. The Morgan fingerprint density at radius 2 is 1.59 bits per heavy atom. The lowest BCUT2D eigenvalue weighted by Gasteiger charge is -2.06. The molecule has 2 N–H and O–H groups in total. The van der Waals surface area contributed by atoms with Gasteiger partial charge in [0.15, 0.2) is 0 Å². The van der Waals surface area contributed by atoms with Crippen molar-refractivity contribution < 1.29 is 10.2 Å². The fourth-order valence-corrected chi connectivity index (χ4v) is 2.06. The monoisotopic (exact) mass is 236 g/mol. The summed E-state index contributed by atoms with van der Waals surface area (Å²) in [6.45, 7) is 2.25. The van der Waals surface area contributed by atoms with Gasteiger partial charge in [0, 0.05) is 6.61 Å². The van der Waals surface area contributed by atoms with Crippen molar-refractivity contribution in [3.05, 3.63) is 29.3 Å². The fourth-order valence-electron chi connectivity index (χ4n) is 2.06. The molecule has 1 aromatic rings. The van der Waals surface area contributed by atoms with Gasteiger partial charge in [-0.25, -0.2) is 0 Å². The first-order chi connectivity index (χ1) is 8.25. The van der Waals surface area contributed by atoms with Crippen molar-refractivity contribution in [1.82, 2.24) is 0 Å². The largest absolute Gasteiger partial charge is 0.507 e. The number of aliphatic hydroxyl groups excluding tert-OH is 1. The highest BCUT2D eigenvalue weighted by molar-refractivity contribution is 5.39. The standard InChI is InChI=1S/C15H24O2/c1-13-9-8-11-14(15(13)17)10-6-4-2-3-5-7-12-16/h8-9,11,16-17H,2-7,10,12H2,1H3. The maximum atomic E-state index is 9.84. The zero-order chi connectivity index (χ0) is 12.5. The normalized spacial score (nSPS) is 10.7. The van der Waals surface area contributed by atoms with Gasteiger partial charge in [-0.3, -0.25) is 0 Å². The summed E-state index contributed by atoms with van der Waals surface area (Å²) in [5.41, 5.74) is 2.03. The smallest absolute Gasteiger partial charge is 0.121 e. The molecule has 0 bridgehead atoms. The SMILES string of the molecule is Cc1cccc(CCCCCCCCO)c1O. The van der Waals surface area contributed by atoms with E-state index in [-0.39, 0.29) is 0 Å². The molecule has 0 heterocycles. The molecule has 2 heteroatoms. The number of hydrogen-bond donors (Lipinski definition) is 2. The number of para-hydroxylation sites is 1. The molecule has 0 fully saturated rings. The number of unbranched alkanes of at least 4 members (excludes halogenated alkanes) is 5. The van der Waals surface area contributed by atoms with E-state index in [0.717, 1.165) is 36.8 Å². The average molecular weight is 236 g/mol. The zero-order valence-corrected chi connectivity index (χ0v) is 10.8. The number of aromatic hydroxyl groups is 1. The minimum Gasteiger partial charge on any atom is -0.507 e. The average Bonchev–Trinajstić information content (AvgIpc) is 2.33. The zero-order valence-electron chi connectivity index (χ0n) is 10.8. The Bertz CT molecular complexity index is 321. The lowest BCUT2D eigenvalue weighted by atomic mass is 10.0. The van der Waals surface area contributed by atoms with Crippen molar-refractivity contribution >= 4 is 0 Å². The van der Waals surface area contributed by atoms with Gasteiger partial charge < -0.3 is 10.2 Å². The van der Waals surface area contributed by atoms with Gasteiger partial charge in [-0.15, -0.1) is 0 Å². The Morgan fingerprint density at radius 1 is 0.941 bits per heavy atom. The second-order valence-corrected chi connectivity index (χ2v) is 4.68. The summed E-state index contributed by atoms with van der Waals surface area (Å²) in [7, 11) is 0. The molecule has 0 aliphatic rings. The van der Waals surface area contributed by atoms with Gasteiger partial charge in [0.25, 0.3) is 0 Å². The van der Waals surface area contributed by atoms with Crippen LogP contribution in [0, 0.1) is 6.92 Å². The van der Waals surface area contributed by atoms with Crippen LogP contribution >= 0.6 is 0 Å². The van der Waals surface area contributed by atoms with Crippen LogP contribution in [0.2, 0.25) is 0 Å². The van der Waals surface area contributed by atoms with E-state index in [1.165, 1.54) is 19.3 Å². The minimum absolute atomic E-state index is 0.317. The first kappa shape index (κ1) is 14.0. The van der Waals surface area contributed by atoms with E-state index >= 15 is 0 Å². The number of aliphatic hydroxyl groups is 1. The Labute approximate surface area is 104 Å². The van der Waals surface area contributed by atoms with Crippen LogP contribution in [0.3, 0.4) is 0 Å². The Hall–Kier alpha value is -1.02. The molecule has 0 amide bonds. The lowest BCUT2D eigenvalue weighted by molar-refractivity contribution is 0.282. The van der Waals surface area contributed by atoms with Crippen LogP contribution < -0.4 is 0 Å². The van der Waals surface area contributed by atoms with Gasteiger partial charge in [0.05, 0.1) is 0 Å². The van der Waals surface area contributed by atoms with E-state index in [1.54, 1.807) is 0 Å². The predicted octanol–water partition coefficient (Wildman–Crippen LogP) is 3.58. The van der Waals surface area contributed by atoms with Crippen molar-refractivity contribution in [2.24, 2.45) is 0 Å². The van der Waals surface area contributed by atoms with E-state index in [2.05, 4.69) is 0 Å². The third-order valence-corrected chi connectivity index (χ3v) is 3.18. The highest BCUT2D eigenvalue weighted by Gasteiger charge is 2.02. The van der Waals surface area contributed by atoms with Gasteiger partial charge >= 0.3 is 0 Å². The molecule has 1 aromatic carbocycles. The van der Waals surface area contributed by atoms with Gasteiger partial charge in [-0.05, 0) is 37.3 Å². The molecule has 0 aliphatic heterocycles. The molecular weight excluding hydrogens is 212 g/mol. The second-order valence-electron chi connectivity index (χ2n) is 4.68. The lowest BCUT2D eigenvalue weighted by Crippen LogP contribution is -1.89. The number of hydrogen-bond acceptors (Lipinski definition) is 2. The van der Waals surface area contributed by atoms with Gasteiger partial charge in [0.1, 0.15) is 5.75 Å². The summed E-state index contributed by atoms with van der Waals surface area (Å²) in [5.74, 6) is 0.466. The summed E-state index contributed by atoms with van der Waals surface area (Å²) in [6, 6.07) is 5.95. The van der Waals surface area contributed by atoms with Crippen LogP contribution in [0.5, 0.6) is 5.75 Å². The molecule has 0 spiro atoms. The molecule has 0 atom stereocenters. The third kappa shape index (κ3) is 5.22. The summed E-state index contributed by atoms with van der Waals surface area (Å²) < 4.78 is 0. The second kappa shape index (κ2) is 8.13. The number of phenols is 1. The van der Waals surface area contributed by atoms with Crippen molar-refractivity contribution in [1.29, 1.82) is 0 Å². The summed E-state index contributed by atoms with van der Waals surface area (Å²) in [4.78, 5) is 0. The third-order valence-electron chi connectivity index (χ3n) is 3.18. The fraction of sp³-hybridized carbons (Fsp3) is 0.600. The van der Waals surface area contributed by atoms with Crippen LogP contribution in [0.25, 0.3) is 0 Å². The molecule has 0 aliphatic carbocycles. The van der Waals surface area contributed by atoms with Gasteiger partial charge in [-0.2, -0.15) is 0 Å². The highest BCUT2D eigenvalue weighted by atomic mass is 16.3. The minimum atomic E-state index is 0.317. The van der Waals surface area contributed by atoms with Crippen LogP contribution in [-0.4, -0.2) is 16.8 Å². The summed E-state index contributed by atoms with van der Waals surface area (Å²) >= 11 is 0. The molecule has 0 radical (unpaired) electrons.